The Bertz CT molecular complexity index is 602. The molecular formula is C14H11Cl2FOS. The Morgan fingerprint density at radius 2 is 1.89 bits per heavy atom. The van der Waals surface area contributed by atoms with Crippen molar-refractivity contribution < 1.29 is 9.50 Å². The molecule has 2 aromatic carbocycles. The zero-order chi connectivity index (χ0) is 14.0. The number of benzene rings is 2. The van der Waals surface area contributed by atoms with Gasteiger partial charge in [0.05, 0.1) is 16.1 Å². The lowest BCUT2D eigenvalue weighted by Gasteiger charge is -2.12. The standard InChI is InChI=1S/C14H11Cl2FOS/c1-8(18)14-12(17)3-2-4-13(14)19-9-5-6-10(15)11(16)7-9/h2-8,18H,1H3/t8-/m1/s1. The van der Waals surface area contributed by atoms with E-state index in [2.05, 4.69) is 0 Å². The number of aliphatic hydroxyl groups is 1. The fourth-order valence-electron chi connectivity index (χ4n) is 1.68. The molecule has 2 rings (SSSR count). The van der Waals surface area contributed by atoms with E-state index in [4.69, 9.17) is 23.2 Å². The summed E-state index contributed by atoms with van der Waals surface area (Å²) in [6, 6.07) is 9.91. The molecule has 19 heavy (non-hydrogen) atoms. The Morgan fingerprint density at radius 1 is 1.16 bits per heavy atom. The summed E-state index contributed by atoms with van der Waals surface area (Å²) in [5.74, 6) is -0.417. The largest absolute Gasteiger partial charge is 0.389 e. The second-order valence-electron chi connectivity index (χ2n) is 4.01. The van der Waals surface area contributed by atoms with Crippen LogP contribution in [0.5, 0.6) is 0 Å². The van der Waals surface area contributed by atoms with Gasteiger partial charge >= 0.3 is 0 Å². The van der Waals surface area contributed by atoms with E-state index in [1.54, 1.807) is 30.3 Å². The van der Waals surface area contributed by atoms with Gasteiger partial charge in [-0.3, -0.25) is 0 Å². The zero-order valence-corrected chi connectivity index (χ0v) is 12.4. The minimum atomic E-state index is -0.869. The lowest BCUT2D eigenvalue weighted by molar-refractivity contribution is 0.191. The summed E-state index contributed by atoms with van der Waals surface area (Å²) in [5.41, 5.74) is 0.290. The second kappa shape index (κ2) is 6.14. The van der Waals surface area contributed by atoms with Crippen LogP contribution in [0, 0.1) is 5.82 Å². The van der Waals surface area contributed by atoms with Gasteiger partial charge in [0.15, 0.2) is 0 Å². The van der Waals surface area contributed by atoms with Crippen molar-refractivity contribution in [3.8, 4) is 0 Å². The van der Waals surface area contributed by atoms with Crippen LogP contribution in [-0.2, 0) is 0 Å². The molecular weight excluding hydrogens is 306 g/mol. The lowest BCUT2D eigenvalue weighted by atomic mass is 10.1. The maximum atomic E-state index is 13.7. The highest BCUT2D eigenvalue weighted by Gasteiger charge is 2.14. The number of rotatable bonds is 3. The molecule has 0 saturated heterocycles. The molecule has 0 amide bonds. The molecule has 1 nitrogen and oxygen atoms in total. The maximum absolute atomic E-state index is 13.7. The van der Waals surface area contributed by atoms with Gasteiger partial charge in [-0.05, 0) is 37.3 Å². The minimum absolute atomic E-state index is 0.290. The smallest absolute Gasteiger partial charge is 0.130 e. The number of hydrogen-bond acceptors (Lipinski definition) is 2. The first-order chi connectivity index (χ1) is 8.99. The van der Waals surface area contributed by atoms with E-state index < -0.39 is 11.9 Å². The Labute approximate surface area is 125 Å². The van der Waals surface area contributed by atoms with E-state index in [9.17, 15) is 9.50 Å². The molecule has 2 aromatic rings. The average Bonchev–Trinajstić information content (AvgIpc) is 2.33. The van der Waals surface area contributed by atoms with Crippen molar-refractivity contribution in [1.82, 2.24) is 0 Å². The molecule has 0 fully saturated rings. The van der Waals surface area contributed by atoms with Crippen LogP contribution in [0.2, 0.25) is 10.0 Å². The molecule has 5 heteroatoms. The Hall–Kier alpha value is -0.740. The highest BCUT2D eigenvalue weighted by Crippen LogP contribution is 2.36. The summed E-state index contributed by atoms with van der Waals surface area (Å²) in [4.78, 5) is 1.50. The van der Waals surface area contributed by atoms with Gasteiger partial charge in [-0.15, -0.1) is 0 Å². The van der Waals surface area contributed by atoms with Gasteiger partial charge in [0.2, 0.25) is 0 Å². The number of hydrogen-bond donors (Lipinski definition) is 1. The summed E-state index contributed by atoms with van der Waals surface area (Å²) in [6.45, 7) is 1.54. The Kier molecular flexibility index (Phi) is 4.74. The normalized spacial score (nSPS) is 12.5. The summed E-state index contributed by atoms with van der Waals surface area (Å²) < 4.78 is 13.7. The first kappa shape index (κ1) is 14.7. The van der Waals surface area contributed by atoms with Gasteiger partial charge in [0, 0.05) is 15.4 Å². The predicted molar refractivity (Wildman–Crippen MR) is 77.6 cm³/mol. The molecule has 1 N–H and O–H groups in total. The Balaban J connectivity index is 2.38. The van der Waals surface area contributed by atoms with E-state index in [-0.39, 0.29) is 0 Å². The zero-order valence-electron chi connectivity index (χ0n) is 10.0. The van der Waals surface area contributed by atoms with Crippen LogP contribution in [-0.4, -0.2) is 5.11 Å². The fraction of sp³-hybridized carbons (Fsp3) is 0.143. The minimum Gasteiger partial charge on any atom is -0.389 e. The molecule has 0 radical (unpaired) electrons. The predicted octanol–water partition coefficient (Wildman–Crippen LogP) is 5.34. The summed E-state index contributed by atoms with van der Waals surface area (Å²) in [7, 11) is 0. The van der Waals surface area contributed by atoms with Crippen molar-refractivity contribution in [3.05, 3.63) is 57.8 Å². The molecule has 100 valence electrons. The number of halogens is 3. The molecule has 0 aromatic heterocycles. The summed E-state index contributed by atoms with van der Waals surface area (Å²) >= 11 is 13.1. The van der Waals surface area contributed by atoms with Gasteiger partial charge in [0.25, 0.3) is 0 Å². The molecule has 0 bridgehead atoms. The third kappa shape index (κ3) is 3.42. The van der Waals surface area contributed by atoms with Gasteiger partial charge in [0.1, 0.15) is 5.82 Å². The third-order valence-corrected chi connectivity index (χ3v) is 4.35. The summed E-state index contributed by atoms with van der Waals surface area (Å²) in [5, 5.41) is 10.6. The lowest BCUT2D eigenvalue weighted by Crippen LogP contribution is -1.98. The highest BCUT2D eigenvalue weighted by molar-refractivity contribution is 7.99. The van der Waals surface area contributed by atoms with Gasteiger partial charge in [-0.2, -0.15) is 0 Å². The number of aliphatic hydroxyl groups excluding tert-OH is 1. The van der Waals surface area contributed by atoms with E-state index in [0.717, 1.165) is 4.90 Å². The molecule has 0 unspecified atom stereocenters. The molecule has 0 saturated carbocycles. The average molecular weight is 317 g/mol. The van der Waals surface area contributed by atoms with Crippen molar-refractivity contribution in [2.75, 3.05) is 0 Å². The van der Waals surface area contributed by atoms with Crippen molar-refractivity contribution in [3.63, 3.8) is 0 Å². The molecule has 0 aliphatic rings. The SMILES string of the molecule is C[C@@H](O)c1c(F)cccc1Sc1ccc(Cl)c(Cl)c1. The van der Waals surface area contributed by atoms with Crippen molar-refractivity contribution in [2.24, 2.45) is 0 Å². The van der Waals surface area contributed by atoms with Crippen LogP contribution in [0.3, 0.4) is 0 Å². The van der Waals surface area contributed by atoms with Crippen LogP contribution in [0.1, 0.15) is 18.6 Å². The maximum Gasteiger partial charge on any atom is 0.130 e. The second-order valence-corrected chi connectivity index (χ2v) is 5.94. The van der Waals surface area contributed by atoms with Crippen molar-refractivity contribution in [1.29, 1.82) is 0 Å². The van der Waals surface area contributed by atoms with Gasteiger partial charge < -0.3 is 5.11 Å². The first-order valence-corrected chi connectivity index (χ1v) is 7.15. The molecule has 0 heterocycles. The Morgan fingerprint density at radius 3 is 2.53 bits per heavy atom. The topological polar surface area (TPSA) is 20.2 Å². The van der Waals surface area contributed by atoms with E-state index >= 15 is 0 Å². The van der Waals surface area contributed by atoms with Crippen LogP contribution in [0.4, 0.5) is 4.39 Å². The van der Waals surface area contributed by atoms with Crippen LogP contribution in [0.25, 0.3) is 0 Å². The van der Waals surface area contributed by atoms with Crippen molar-refractivity contribution >= 4 is 35.0 Å². The fourth-order valence-corrected chi connectivity index (χ4v) is 3.13. The first-order valence-electron chi connectivity index (χ1n) is 5.58. The molecule has 0 spiro atoms. The van der Waals surface area contributed by atoms with Crippen LogP contribution >= 0.6 is 35.0 Å². The quantitative estimate of drug-likeness (QED) is 0.825. The highest BCUT2D eigenvalue weighted by atomic mass is 35.5. The van der Waals surface area contributed by atoms with E-state index in [0.29, 0.717) is 20.5 Å². The van der Waals surface area contributed by atoms with Crippen LogP contribution in [0.15, 0.2) is 46.2 Å². The molecule has 0 aliphatic heterocycles. The monoisotopic (exact) mass is 316 g/mol. The summed E-state index contributed by atoms with van der Waals surface area (Å²) in [6.07, 6.45) is -0.869. The van der Waals surface area contributed by atoms with E-state index in [1.165, 1.54) is 24.8 Å². The molecule has 0 aliphatic carbocycles. The van der Waals surface area contributed by atoms with Crippen molar-refractivity contribution in [2.45, 2.75) is 22.8 Å². The van der Waals surface area contributed by atoms with Gasteiger partial charge in [-0.25, -0.2) is 4.39 Å². The van der Waals surface area contributed by atoms with Crippen LogP contribution < -0.4 is 0 Å². The van der Waals surface area contributed by atoms with E-state index in [1.807, 2.05) is 0 Å². The third-order valence-electron chi connectivity index (χ3n) is 2.55. The molecule has 1 atom stereocenters. The van der Waals surface area contributed by atoms with Gasteiger partial charge in [-0.1, -0.05) is 41.0 Å².